The molecule has 1 unspecified atom stereocenters. The maximum absolute atomic E-state index is 12.8. The molecule has 1 aromatic rings. The van der Waals surface area contributed by atoms with Gasteiger partial charge in [0.1, 0.15) is 0 Å². The van der Waals surface area contributed by atoms with Crippen molar-refractivity contribution in [2.45, 2.75) is 51.3 Å². The molecule has 23 heavy (non-hydrogen) atoms. The van der Waals surface area contributed by atoms with Crippen molar-refractivity contribution in [1.29, 1.82) is 0 Å². The number of rotatable bonds is 7. The van der Waals surface area contributed by atoms with Gasteiger partial charge >= 0.3 is 6.18 Å². The van der Waals surface area contributed by atoms with Gasteiger partial charge in [0.15, 0.2) is 0 Å². The molecule has 1 fully saturated rings. The summed E-state index contributed by atoms with van der Waals surface area (Å²) in [6.07, 6.45) is 1.57. The molecule has 0 N–H and O–H groups in total. The minimum atomic E-state index is -4.30. The molecule has 0 amide bonds. The van der Waals surface area contributed by atoms with Crippen molar-refractivity contribution < 1.29 is 17.9 Å². The Bertz CT molecular complexity index is 476. The van der Waals surface area contributed by atoms with E-state index in [4.69, 9.17) is 4.74 Å². The Balaban J connectivity index is 1.88. The van der Waals surface area contributed by atoms with Crippen LogP contribution in [0.5, 0.6) is 0 Å². The van der Waals surface area contributed by atoms with Crippen molar-refractivity contribution in [3.8, 4) is 0 Å². The molecule has 130 valence electrons. The minimum Gasteiger partial charge on any atom is -0.371 e. The number of hydrogen-bond donors (Lipinski definition) is 0. The number of unbranched alkanes of at least 4 members (excludes halogenated alkanes) is 4. The summed E-state index contributed by atoms with van der Waals surface area (Å²) >= 11 is 0. The normalized spacial score (nSPS) is 19.9. The lowest BCUT2D eigenvalue weighted by Crippen LogP contribution is -2.38. The molecule has 1 heterocycles. The number of alkyl halides is 3. The van der Waals surface area contributed by atoms with Crippen LogP contribution in [0.1, 0.15) is 56.3 Å². The molecule has 0 aromatic heterocycles. The third kappa shape index (κ3) is 5.81. The van der Waals surface area contributed by atoms with Gasteiger partial charge in [0.2, 0.25) is 0 Å². The largest absolute Gasteiger partial charge is 0.416 e. The quantitative estimate of drug-likeness (QED) is 0.649. The summed E-state index contributed by atoms with van der Waals surface area (Å²) in [5.41, 5.74) is 0.0193. The van der Waals surface area contributed by atoms with Gasteiger partial charge in [-0.05, 0) is 30.7 Å². The average Bonchev–Trinajstić information content (AvgIpc) is 2.54. The van der Waals surface area contributed by atoms with Crippen molar-refractivity contribution in [1.82, 2.24) is 4.90 Å². The van der Waals surface area contributed by atoms with Crippen molar-refractivity contribution >= 4 is 0 Å². The highest BCUT2D eigenvalue weighted by atomic mass is 19.4. The van der Waals surface area contributed by atoms with Crippen molar-refractivity contribution in [3.63, 3.8) is 0 Å². The maximum atomic E-state index is 12.8. The average molecular weight is 329 g/mol. The van der Waals surface area contributed by atoms with Crippen LogP contribution in [0.25, 0.3) is 0 Å². The lowest BCUT2D eigenvalue weighted by Gasteiger charge is -2.33. The topological polar surface area (TPSA) is 12.5 Å². The van der Waals surface area contributed by atoms with E-state index >= 15 is 0 Å². The molecule has 1 atom stereocenters. The van der Waals surface area contributed by atoms with Gasteiger partial charge in [-0.25, -0.2) is 0 Å². The van der Waals surface area contributed by atoms with E-state index < -0.39 is 11.7 Å². The molecule has 2 rings (SSSR count). The highest BCUT2D eigenvalue weighted by molar-refractivity contribution is 5.27. The van der Waals surface area contributed by atoms with E-state index in [9.17, 15) is 13.2 Å². The molecule has 5 heteroatoms. The number of hydrogen-bond acceptors (Lipinski definition) is 2. The van der Waals surface area contributed by atoms with Gasteiger partial charge < -0.3 is 4.74 Å². The molecule has 0 saturated carbocycles. The van der Waals surface area contributed by atoms with Gasteiger partial charge in [-0.3, -0.25) is 4.90 Å². The van der Waals surface area contributed by atoms with Crippen molar-refractivity contribution in [2.75, 3.05) is 26.2 Å². The molecule has 1 aliphatic heterocycles. The Morgan fingerprint density at radius 2 is 1.96 bits per heavy atom. The fraction of sp³-hybridized carbons (Fsp3) is 0.667. The predicted molar refractivity (Wildman–Crippen MR) is 85.3 cm³/mol. The Hall–Kier alpha value is -1.07. The van der Waals surface area contributed by atoms with Gasteiger partial charge in [-0.15, -0.1) is 0 Å². The number of ether oxygens (including phenoxy) is 1. The predicted octanol–water partition coefficient (Wildman–Crippen LogP) is 5.05. The number of nitrogens with zero attached hydrogens (tertiary/aromatic N) is 1. The Morgan fingerprint density at radius 3 is 2.70 bits per heavy atom. The number of halogens is 3. The lowest BCUT2D eigenvalue weighted by molar-refractivity contribution is -0.137. The van der Waals surface area contributed by atoms with Gasteiger partial charge in [0.05, 0.1) is 18.3 Å². The summed E-state index contributed by atoms with van der Waals surface area (Å²) in [6, 6.07) is 5.52. The molecule has 1 aromatic carbocycles. The standard InChI is InChI=1S/C18H26F3NO/c1-2-3-4-5-6-10-22-11-12-23-17(14-22)15-8-7-9-16(13-15)18(19,20)21/h7-9,13,17H,2-6,10-12,14H2,1H3. The highest BCUT2D eigenvalue weighted by Crippen LogP contribution is 2.32. The monoisotopic (exact) mass is 329 g/mol. The van der Waals surface area contributed by atoms with E-state index in [1.807, 2.05) is 0 Å². The second kappa shape index (κ2) is 8.69. The zero-order chi connectivity index (χ0) is 16.7. The van der Waals surface area contributed by atoms with Gasteiger partial charge in [0, 0.05) is 13.1 Å². The van der Waals surface area contributed by atoms with Crippen LogP contribution >= 0.6 is 0 Å². The SMILES string of the molecule is CCCCCCCN1CCOC(c2cccc(C(F)(F)F)c2)C1. The molecule has 0 bridgehead atoms. The zero-order valence-corrected chi connectivity index (χ0v) is 13.7. The number of benzene rings is 1. The molecular formula is C18H26F3NO. The maximum Gasteiger partial charge on any atom is 0.416 e. The summed E-state index contributed by atoms with van der Waals surface area (Å²) in [4.78, 5) is 2.31. The van der Waals surface area contributed by atoms with Crippen LogP contribution in [0.3, 0.4) is 0 Å². The van der Waals surface area contributed by atoms with E-state index in [-0.39, 0.29) is 6.10 Å². The summed E-state index contributed by atoms with van der Waals surface area (Å²) in [5, 5.41) is 0. The van der Waals surface area contributed by atoms with Crippen LogP contribution in [-0.4, -0.2) is 31.1 Å². The Kier molecular flexibility index (Phi) is 6.90. The molecular weight excluding hydrogens is 303 g/mol. The van der Waals surface area contributed by atoms with Crippen LogP contribution in [0.15, 0.2) is 24.3 Å². The van der Waals surface area contributed by atoms with Crippen LogP contribution in [0.4, 0.5) is 13.2 Å². The first kappa shape index (κ1) is 18.3. The van der Waals surface area contributed by atoms with Crippen LogP contribution in [0.2, 0.25) is 0 Å². The molecule has 0 spiro atoms. The first-order chi connectivity index (χ1) is 11.0. The van der Waals surface area contributed by atoms with Crippen molar-refractivity contribution in [2.24, 2.45) is 0 Å². The van der Waals surface area contributed by atoms with Crippen molar-refractivity contribution in [3.05, 3.63) is 35.4 Å². The first-order valence-electron chi connectivity index (χ1n) is 8.52. The smallest absolute Gasteiger partial charge is 0.371 e. The van der Waals surface area contributed by atoms with Gasteiger partial charge in [-0.2, -0.15) is 13.2 Å². The van der Waals surface area contributed by atoms with E-state index in [0.29, 0.717) is 18.7 Å². The van der Waals surface area contributed by atoms with Gasteiger partial charge in [0.25, 0.3) is 0 Å². The van der Waals surface area contributed by atoms with Gasteiger partial charge in [-0.1, -0.05) is 44.7 Å². The summed E-state index contributed by atoms with van der Waals surface area (Å²) in [6.45, 7) is 5.32. The fourth-order valence-corrected chi connectivity index (χ4v) is 2.96. The third-order valence-electron chi connectivity index (χ3n) is 4.31. The lowest BCUT2D eigenvalue weighted by atomic mass is 10.0. The molecule has 1 aliphatic rings. The molecule has 0 radical (unpaired) electrons. The van der Waals surface area contributed by atoms with Crippen LogP contribution in [0, 0.1) is 0 Å². The summed E-state index contributed by atoms with van der Waals surface area (Å²) in [5.74, 6) is 0. The molecule has 2 nitrogen and oxygen atoms in total. The highest BCUT2D eigenvalue weighted by Gasteiger charge is 2.31. The molecule has 0 aliphatic carbocycles. The summed E-state index contributed by atoms with van der Waals surface area (Å²) in [7, 11) is 0. The second-order valence-corrected chi connectivity index (χ2v) is 6.20. The van der Waals surface area contributed by atoms with E-state index in [2.05, 4.69) is 11.8 Å². The third-order valence-corrected chi connectivity index (χ3v) is 4.31. The summed E-state index contributed by atoms with van der Waals surface area (Å²) < 4.78 is 44.2. The van der Waals surface area contributed by atoms with E-state index in [0.717, 1.165) is 25.6 Å². The Labute approximate surface area is 136 Å². The zero-order valence-electron chi connectivity index (χ0n) is 13.7. The molecule has 1 saturated heterocycles. The van der Waals surface area contributed by atoms with E-state index in [1.54, 1.807) is 6.07 Å². The van der Waals surface area contributed by atoms with E-state index in [1.165, 1.54) is 37.8 Å². The first-order valence-corrected chi connectivity index (χ1v) is 8.52. The number of morpholine rings is 1. The second-order valence-electron chi connectivity index (χ2n) is 6.20. The van der Waals surface area contributed by atoms with Crippen LogP contribution < -0.4 is 0 Å². The Morgan fingerprint density at radius 1 is 1.17 bits per heavy atom. The fourth-order valence-electron chi connectivity index (χ4n) is 2.96. The van der Waals surface area contributed by atoms with Crippen LogP contribution in [-0.2, 0) is 10.9 Å². The minimum absolute atomic E-state index is 0.262.